The number of carbonyl (C=O) groups excluding carboxylic acids is 1. The van der Waals surface area contributed by atoms with Crippen LogP contribution in [0.2, 0.25) is 0 Å². The first-order valence-corrected chi connectivity index (χ1v) is 7.94. The zero-order chi connectivity index (χ0) is 19.4. The first-order chi connectivity index (χ1) is 12.8. The topological polar surface area (TPSA) is 64.0 Å². The number of alkyl halides is 3. The van der Waals surface area contributed by atoms with Crippen molar-refractivity contribution in [1.29, 1.82) is 0 Å². The molecule has 0 saturated heterocycles. The Morgan fingerprint density at radius 3 is 2.33 bits per heavy atom. The molecule has 0 bridgehead atoms. The Morgan fingerprint density at radius 1 is 0.963 bits per heavy atom. The molecule has 0 atom stereocenters. The lowest BCUT2D eigenvalue weighted by molar-refractivity contribution is -0.137. The van der Waals surface area contributed by atoms with Crippen LogP contribution in [0.3, 0.4) is 0 Å². The fourth-order valence-corrected chi connectivity index (χ4v) is 2.49. The first-order valence-electron chi connectivity index (χ1n) is 7.94. The van der Waals surface area contributed by atoms with Gasteiger partial charge in [-0.3, -0.25) is 9.59 Å². The Bertz CT molecular complexity index is 1010. The molecule has 1 heterocycles. The van der Waals surface area contributed by atoms with Crippen LogP contribution in [-0.2, 0) is 17.5 Å². The highest BCUT2D eigenvalue weighted by Gasteiger charge is 2.33. The molecule has 0 unspecified atom stereocenters. The van der Waals surface area contributed by atoms with E-state index in [1.807, 2.05) is 6.07 Å². The van der Waals surface area contributed by atoms with E-state index in [-0.39, 0.29) is 5.69 Å². The summed E-state index contributed by atoms with van der Waals surface area (Å²) in [6, 6.07) is 16.4. The van der Waals surface area contributed by atoms with Gasteiger partial charge in [-0.2, -0.15) is 18.3 Å². The Morgan fingerprint density at radius 2 is 1.63 bits per heavy atom. The van der Waals surface area contributed by atoms with E-state index in [2.05, 4.69) is 10.4 Å². The van der Waals surface area contributed by atoms with Crippen molar-refractivity contribution in [2.45, 2.75) is 12.7 Å². The van der Waals surface area contributed by atoms with Gasteiger partial charge in [-0.25, -0.2) is 4.68 Å². The van der Waals surface area contributed by atoms with Crippen molar-refractivity contribution in [3.63, 3.8) is 0 Å². The summed E-state index contributed by atoms with van der Waals surface area (Å²) >= 11 is 0. The van der Waals surface area contributed by atoms with Crippen LogP contribution in [0.25, 0.3) is 11.3 Å². The number of carbonyl (C=O) groups is 1. The molecular formula is C19H14F3N3O2. The molecule has 8 heteroatoms. The highest BCUT2D eigenvalue weighted by Crippen LogP contribution is 2.34. The lowest BCUT2D eigenvalue weighted by atomic mass is 10.1. The van der Waals surface area contributed by atoms with Crippen molar-refractivity contribution in [2.24, 2.45) is 0 Å². The minimum absolute atomic E-state index is 0.373. The number of para-hydroxylation sites is 1. The summed E-state index contributed by atoms with van der Waals surface area (Å²) < 4.78 is 39.9. The highest BCUT2D eigenvalue weighted by atomic mass is 19.4. The summed E-state index contributed by atoms with van der Waals surface area (Å²) in [7, 11) is 0. The molecule has 3 aromatic rings. The largest absolute Gasteiger partial charge is 0.418 e. The van der Waals surface area contributed by atoms with Crippen molar-refractivity contribution in [2.75, 3.05) is 5.32 Å². The van der Waals surface area contributed by atoms with Crippen molar-refractivity contribution in [3.05, 3.63) is 82.6 Å². The molecule has 0 spiro atoms. The minimum Gasteiger partial charge on any atom is -0.324 e. The van der Waals surface area contributed by atoms with Crippen LogP contribution >= 0.6 is 0 Å². The molecule has 2 aromatic carbocycles. The van der Waals surface area contributed by atoms with Crippen LogP contribution in [0, 0.1) is 0 Å². The van der Waals surface area contributed by atoms with E-state index in [9.17, 15) is 22.8 Å². The van der Waals surface area contributed by atoms with Crippen LogP contribution in [0.4, 0.5) is 18.9 Å². The van der Waals surface area contributed by atoms with Crippen LogP contribution in [-0.4, -0.2) is 15.7 Å². The zero-order valence-corrected chi connectivity index (χ0v) is 13.9. The van der Waals surface area contributed by atoms with Crippen LogP contribution < -0.4 is 10.9 Å². The number of aromatic nitrogens is 2. The SMILES string of the molecule is O=C(Cn1nc(-c2ccccc2)ccc1=O)Nc1ccccc1C(F)(F)F. The highest BCUT2D eigenvalue weighted by molar-refractivity contribution is 5.91. The van der Waals surface area contributed by atoms with Gasteiger partial charge in [-0.1, -0.05) is 42.5 Å². The van der Waals surface area contributed by atoms with Gasteiger partial charge in [0, 0.05) is 11.6 Å². The quantitative estimate of drug-likeness (QED) is 0.761. The van der Waals surface area contributed by atoms with Crippen molar-refractivity contribution >= 4 is 11.6 Å². The first kappa shape index (κ1) is 18.4. The fraction of sp³-hybridized carbons (Fsp3) is 0.105. The van der Waals surface area contributed by atoms with Gasteiger partial charge < -0.3 is 5.32 Å². The number of amides is 1. The molecule has 1 amide bonds. The average Bonchev–Trinajstić information content (AvgIpc) is 2.64. The van der Waals surface area contributed by atoms with Gasteiger partial charge in [0.15, 0.2) is 0 Å². The van der Waals surface area contributed by atoms with Crippen molar-refractivity contribution in [1.82, 2.24) is 9.78 Å². The van der Waals surface area contributed by atoms with E-state index in [4.69, 9.17) is 0 Å². The lowest BCUT2D eigenvalue weighted by Crippen LogP contribution is -2.29. The molecular weight excluding hydrogens is 359 g/mol. The third kappa shape index (κ3) is 4.41. The molecule has 1 N–H and O–H groups in total. The molecule has 0 saturated carbocycles. The number of nitrogens with zero attached hydrogens (tertiary/aromatic N) is 2. The second kappa shape index (κ2) is 7.45. The number of rotatable bonds is 4. The summed E-state index contributed by atoms with van der Waals surface area (Å²) in [6.45, 7) is -0.508. The van der Waals surface area contributed by atoms with Gasteiger partial charge in [0.25, 0.3) is 5.56 Å². The minimum atomic E-state index is -4.60. The van der Waals surface area contributed by atoms with E-state index in [1.54, 1.807) is 24.3 Å². The number of benzene rings is 2. The van der Waals surface area contributed by atoms with Gasteiger partial charge in [-0.05, 0) is 18.2 Å². The number of anilines is 1. The maximum atomic E-state index is 13.0. The second-order valence-electron chi connectivity index (χ2n) is 5.67. The Balaban J connectivity index is 1.82. The smallest absolute Gasteiger partial charge is 0.324 e. The van der Waals surface area contributed by atoms with E-state index in [0.717, 1.165) is 22.4 Å². The third-order valence-corrected chi connectivity index (χ3v) is 3.74. The molecule has 0 aliphatic carbocycles. The molecule has 1 aromatic heterocycles. The van der Waals surface area contributed by atoms with Gasteiger partial charge in [-0.15, -0.1) is 0 Å². The Hall–Kier alpha value is -3.42. The van der Waals surface area contributed by atoms with Crippen molar-refractivity contribution in [3.8, 4) is 11.3 Å². The molecule has 3 rings (SSSR count). The van der Waals surface area contributed by atoms with Crippen molar-refractivity contribution < 1.29 is 18.0 Å². The third-order valence-electron chi connectivity index (χ3n) is 3.74. The molecule has 0 aliphatic heterocycles. The maximum absolute atomic E-state index is 13.0. The second-order valence-corrected chi connectivity index (χ2v) is 5.67. The number of hydrogen-bond acceptors (Lipinski definition) is 3. The lowest BCUT2D eigenvalue weighted by Gasteiger charge is -2.14. The molecule has 0 aliphatic rings. The van der Waals surface area contributed by atoms with Gasteiger partial charge in [0.1, 0.15) is 6.54 Å². The molecule has 27 heavy (non-hydrogen) atoms. The monoisotopic (exact) mass is 373 g/mol. The predicted molar refractivity (Wildman–Crippen MR) is 94.0 cm³/mol. The summed E-state index contributed by atoms with van der Waals surface area (Å²) in [5.41, 5.74) is -0.652. The van der Waals surface area contributed by atoms with E-state index in [1.165, 1.54) is 24.3 Å². The summed E-state index contributed by atoms with van der Waals surface area (Å²) in [5, 5.41) is 6.31. The summed E-state index contributed by atoms with van der Waals surface area (Å²) in [5.74, 6) is -0.786. The number of halogens is 3. The number of hydrogen-bond donors (Lipinski definition) is 1. The Labute approximate surface area is 152 Å². The van der Waals surface area contributed by atoms with Gasteiger partial charge in [0.05, 0.1) is 16.9 Å². The molecule has 0 radical (unpaired) electrons. The predicted octanol–water partition coefficient (Wildman–Crippen LogP) is 3.57. The Kier molecular flexibility index (Phi) is 5.07. The molecule has 0 fully saturated rings. The van der Waals surface area contributed by atoms with Gasteiger partial charge >= 0.3 is 6.18 Å². The fourth-order valence-electron chi connectivity index (χ4n) is 2.49. The van der Waals surface area contributed by atoms with E-state index in [0.29, 0.717) is 5.69 Å². The van der Waals surface area contributed by atoms with Crippen LogP contribution in [0.15, 0.2) is 71.5 Å². The number of nitrogens with one attached hydrogen (secondary N) is 1. The zero-order valence-electron chi connectivity index (χ0n) is 13.9. The van der Waals surface area contributed by atoms with E-state index >= 15 is 0 Å². The normalized spacial score (nSPS) is 11.2. The van der Waals surface area contributed by atoms with Gasteiger partial charge in [0.2, 0.25) is 5.91 Å². The molecule has 5 nitrogen and oxygen atoms in total. The summed E-state index contributed by atoms with van der Waals surface area (Å²) in [4.78, 5) is 24.1. The van der Waals surface area contributed by atoms with Crippen LogP contribution in [0.5, 0.6) is 0 Å². The summed E-state index contributed by atoms with van der Waals surface area (Å²) in [6.07, 6.45) is -4.60. The van der Waals surface area contributed by atoms with E-state index < -0.39 is 29.8 Å². The maximum Gasteiger partial charge on any atom is 0.418 e. The molecule has 138 valence electrons. The van der Waals surface area contributed by atoms with Crippen LogP contribution in [0.1, 0.15) is 5.56 Å². The standard InChI is InChI=1S/C19H14F3N3O2/c20-19(21,22)14-8-4-5-9-16(14)23-17(26)12-25-18(27)11-10-15(24-25)13-6-2-1-3-7-13/h1-11H,12H2,(H,23,26). The average molecular weight is 373 g/mol.